The third-order valence-electron chi connectivity index (χ3n) is 2.52. The van der Waals surface area contributed by atoms with Gasteiger partial charge in [-0.2, -0.15) is 0 Å². The maximum atomic E-state index is 11.7. The molecule has 1 rings (SSSR count). The number of hydrogen-bond donors (Lipinski definition) is 0. The van der Waals surface area contributed by atoms with Crippen LogP contribution >= 0.6 is 15.9 Å². The molecule has 0 bridgehead atoms. The van der Waals surface area contributed by atoms with Crippen LogP contribution in [0.4, 0.5) is 0 Å². The average Bonchev–Trinajstić information content (AvgIpc) is 2.45. The van der Waals surface area contributed by atoms with Gasteiger partial charge < -0.3 is 14.2 Å². The van der Waals surface area contributed by atoms with Crippen LogP contribution in [0.25, 0.3) is 0 Å². The highest BCUT2D eigenvalue weighted by atomic mass is 79.9. The van der Waals surface area contributed by atoms with Gasteiger partial charge in [-0.25, -0.2) is 0 Å². The summed E-state index contributed by atoms with van der Waals surface area (Å²) >= 11 is 3.30. The van der Waals surface area contributed by atoms with E-state index in [1.807, 2.05) is 13.8 Å². The second-order valence-electron chi connectivity index (χ2n) is 4.16. The van der Waals surface area contributed by atoms with Gasteiger partial charge in [0.2, 0.25) is 0 Å². The molecule has 1 aromatic carbocycles. The van der Waals surface area contributed by atoms with Crippen LogP contribution in [0.1, 0.15) is 33.1 Å². The van der Waals surface area contributed by atoms with Gasteiger partial charge in [-0.3, -0.25) is 4.79 Å². The maximum absolute atomic E-state index is 11.7. The number of carbonyl (C=O) groups is 1. The van der Waals surface area contributed by atoms with E-state index in [0.29, 0.717) is 36.9 Å². The van der Waals surface area contributed by atoms with Gasteiger partial charge in [0.15, 0.2) is 11.5 Å². The summed E-state index contributed by atoms with van der Waals surface area (Å²) in [5.74, 6) is 1.44. The van der Waals surface area contributed by atoms with Crippen molar-refractivity contribution in [3.63, 3.8) is 0 Å². The second kappa shape index (κ2) is 9.64. The molecular weight excluding hydrogens is 324 g/mol. The molecule has 112 valence electrons. The first-order valence-electron chi connectivity index (χ1n) is 6.87. The van der Waals surface area contributed by atoms with Gasteiger partial charge in [0.25, 0.3) is 0 Å². The van der Waals surface area contributed by atoms with E-state index in [2.05, 4.69) is 15.9 Å². The summed E-state index contributed by atoms with van der Waals surface area (Å²) in [6, 6.07) is 5.22. The molecule has 0 atom stereocenters. The number of benzene rings is 1. The van der Waals surface area contributed by atoms with Crippen LogP contribution in [0.5, 0.6) is 17.2 Å². The number of alkyl halides is 1. The molecule has 0 aliphatic carbocycles. The second-order valence-corrected chi connectivity index (χ2v) is 4.95. The standard InChI is InChI=1S/C15H21BrO4/c1-3-5-6-15(17)20-13-8-7-12(19-10-9-16)11-14(13)18-4-2/h7-8,11H,3-6,9-10H2,1-2H3. The number of ether oxygens (including phenoxy) is 3. The van der Waals surface area contributed by atoms with Crippen LogP contribution in [-0.2, 0) is 4.79 Å². The summed E-state index contributed by atoms with van der Waals surface area (Å²) in [7, 11) is 0. The lowest BCUT2D eigenvalue weighted by atomic mass is 10.2. The molecule has 0 radical (unpaired) electrons. The molecule has 0 saturated heterocycles. The zero-order chi connectivity index (χ0) is 14.8. The first-order valence-corrected chi connectivity index (χ1v) is 7.99. The third-order valence-corrected chi connectivity index (χ3v) is 2.84. The summed E-state index contributed by atoms with van der Waals surface area (Å²) < 4.78 is 16.3. The minimum absolute atomic E-state index is 0.234. The van der Waals surface area contributed by atoms with Crippen molar-refractivity contribution in [2.75, 3.05) is 18.5 Å². The maximum Gasteiger partial charge on any atom is 0.311 e. The van der Waals surface area contributed by atoms with E-state index in [-0.39, 0.29) is 5.97 Å². The Morgan fingerprint density at radius 3 is 2.65 bits per heavy atom. The van der Waals surface area contributed by atoms with E-state index < -0.39 is 0 Å². The molecule has 0 amide bonds. The van der Waals surface area contributed by atoms with Gasteiger partial charge >= 0.3 is 5.97 Å². The van der Waals surface area contributed by atoms with Gasteiger partial charge in [-0.1, -0.05) is 29.3 Å². The number of rotatable bonds is 9. The molecule has 5 heteroatoms. The van der Waals surface area contributed by atoms with Crippen LogP contribution in [0.3, 0.4) is 0 Å². The van der Waals surface area contributed by atoms with E-state index in [9.17, 15) is 4.79 Å². The van der Waals surface area contributed by atoms with Crippen LogP contribution in [0, 0.1) is 0 Å². The largest absolute Gasteiger partial charge is 0.493 e. The fraction of sp³-hybridized carbons (Fsp3) is 0.533. The minimum Gasteiger partial charge on any atom is -0.493 e. The monoisotopic (exact) mass is 344 g/mol. The van der Waals surface area contributed by atoms with Gasteiger partial charge in [0.05, 0.1) is 13.2 Å². The third kappa shape index (κ3) is 5.82. The normalized spacial score (nSPS) is 10.2. The molecule has 0 aliphatic heterocycles. The van der Waals surface area contributed by atoms with Crippen molar-refractivity contribution in [3.8, 4) is 17.2 Å². The molecule has 0 aliphatic rings. The molecule has 0 saturated carbocycles. The first kappa shape index (κ1) is 16.8. The summed E-state index contributed by atoms with van der Waals surface area (Å²) in [5, 5.41) is 0.755. The molecule has 0 N–H and O–H groups in total. The Balaban J connectivity index is 2.75. The number of carbonyl (C=O) groups excluding carboxylic acids is 1. The minimum atomic E-state index is -0.234. The SMILES string of the molecule is CCCCC(=O)Oc1ccc(OCCBr)cc1OCC. The number of halogens is 1. The molecule has 0 heterocycles. The van der Waals surface area contributed by atoms with Crippen LogP contribution in [-0.4, -0.2) is 24.5 Å². The fourth-order valence-electron chi connectivity index (χ4n) is 1.58. The van der Waals surface area contributed by atoms with Crippen LogP contribution < -0.4 is 14.2 Å². The Bertz CT molecular complexity index is 420. The highest BCUT2D eigenvalue weighted by molar-refractivity contribution is 9.09. The lowest BCUT2D eigenvalue weighted by molar-refractivity contribution is -0.134. The lowest BCUT2D eigenvalue weighted by Gasteiger charge is -2.12. The Labute approximate surface area is 128 Å². The Morgan fingerprint density at radius 2 is 2.00 bits per heavy atom. The first-order chi connectivity index (χ1) is 9.71. The smallest absolute Gasteiger partial charge is 0.311 e. The average molecular weight is 345 g/mol. The van der Waals surface area contributed by atoms with E-state index in [4.69, 9.17) is 14.2 Å². The van der Waals surface area contributed by atoms with Crippen molar-refractivity contribution in [2.24, 2.45) is 0 Å². The van der Waals surface area contributed by atoms with Gasteiger partial charge in [0, 0.05) is 17.8 Å². The molecule has 20 heavy (non-hydrogen) atoms. The fourth-order valence-corrected chi connectivity index (χ4v) is 1.74. The van der Waals surface area contributed by atoms with E-state index in [1.54, 1.807) is 18.2 Å². The molecule has 4 nitrogen and oxygen atoms in total. The molecular formula is C15H21BrO4. The summed E-state index contributed by atoms with van der Waals surface area (Å²) in [6.45, 7) is 4.99. The molecule has 0 unspecified atom stereocenters. The summed E-state index contributed by atoms with van der Waals surface area (Å²) in [6.07, 6.45) is 2.21. The number of hydrogen-bond acceptors (Lipinski definition) is 4. The van der Waals surface area contributed by atoms with Crippen molar-refractivity contribution in [1.29, 1.82) is 0 Å². The predicted octanol–water partition coefficient (Wildman–Crippen LogP) is 3.95. The van der Waals surface area contributed by atoms with Crippen molar-refractivity contribution >= 4 is 21.9 Å². The van der Waals surface area contributed by atoms with E-state index >= 15 is 0 Å². The summed E-state index contributed by atoms with van der Waals surface area (Å²) in [4.78, 5) is 11.7. The van der Waals surface area contributed by atoms with E-state index in [0.717, 1.165) is 18.2 Å². The highest BCUT2D eigenvalue weighted by Gasteiger charge is 2.11. The quantitative estimate of drug-likeness (QED) is 0.386. The molecule has 0 fully saturated rings. The Morgan fingerprint density at radius 1 is 1.20 bits per heavy atom. The van der Waals surface area contributed by atoms with Gasteiger partial charge in [0.1, 0.15) is 5.75 Å². The van der Waals surface area contributed by atoms with Crippen molar-refractivity contribution in [1.82, 2.24) is 0 Å². The van der Waals surface area contributed by atoms with E-state index in [1.165, 1.54) is 0 Å². The zero-order valence-corrected chi connectivity index (χ0v) is 13.6. The lowest BCUT2D eigenvalue weighted by Crippen LogP contribution is -2.09. The highest BCUT2D eigenvalue weighted by Crippen LogP contribution is 2.32. The van der Waals surface area contributed by atoms with Crippen molar-refractivity contribution < 1.29 is 19.0 Å². The van der Waals surface area contributed by atoms with Crippen LogP contribution in [0.2, 0.25) is 0 Å². The van der Waals surface area contributed by atoms with Gasteiger partial charge in [-0.15, -0.1) is 0 Å². The van der Waals surface area contributed by atoms with Crippen molar-refractivity contribution in [2.45, 2.75) is 33.1 Å². The summed E-state index contributed by atoms with van der Waals surface area (Å²) in [5.41, 5.74) is 0. The molecule has 0 aromatic heterocycles. The Hall–Kier alpha value is -1.23. The van der Waals surface area contributed by atoms with Crippen LogP contribution in [0.15, 0.2) is 18.2 Å². The molecule has 0 spiro atoms. The Kier molecular flexibility index (Phi) is 8.11. The molecule has 1 aromatic rings. The van der Waals surface area contributed by atoms with Crippen molar-refractivity contribution in [3.05, 3.63) is 18.2 Å². The number of unbranched alkanes of at least 4 members (excludes halogenated alkanes) is 1. The van der Waals surface area contributed by atoms with Gasteiger partial charge in [-0.05, 0) is 25.5 Å². The topological polar surface area (TPSA) is 44.8 Å². The zero-order valence-electron chi connectivity index (χ0n) is 12.0. The number of esters is 1. The predicted molar refractivity (Wildman–Crippen MR) is 82.1 cm³/mol.